The van der Waals surface area contributed by atoms with Gasteiger partial charge in [-0.05, 0) is 84.9 Å². The summed E-state index contributed by atoms with van der Waals surface area (Å²) >= 11 is 0. The molecule has 0 amide bonds. The Bertz CT molecular complexity index is 891. The summed E-state index contributed by atoms with van der Waals surface area (Å²) in [7, 11) is 0. The van der Waals surface area contributed by atoms with E-state index in [0.29, 0.717) is 23.2 Å². The molecule has 3 nitrogen and oxygen atoms in total. The van der Waals surface area contributed by atoms with E-state index in [4.69, 9.17) is 4.74 Å². The van der Waals surface area contributed by atoms with Crippen molar-refractivity contribution in [2.75, 3.05) is 6.61 Å². The van der Waals surface area contributed by atoms with Crippen molar-refractivity contribution >= 4 is 0 Å². The largest absolute Gasteiger partial charge is 0.393 e. The summed E-state index contributed by atoms with van der Waals surface area (Å²) in [5.74, 6) is 1.40. The van der Waals surface area contributed by atoms with Gasteiger partial charge in [-0.3, -0.25) is 0 Å². The molecule has 0 aromatic heterocycles. The van der Waals surface area contributed by atoms with Gasteiger partial charge in [-0.25, -0.2) is 0 Å². The number of aliphatic hydroxyl groups excluding tert-OH is 2. The number of ether oxygens (including phenoxy) is 1. The summed E-state index contributed by atoms with van der Waals surface area (Å²) in [4.78, 5) is 0. The van der Waals surface area contributed by atoms with E-state index in [1.807, 2.05) is 0 Å². The molecule has 10 atom stereocenters. The second-order valence-corrected chi connectivity index (χ2v) is 15.5. The van der Waals surface area contributed by atoms with Crippen LogP contribution in [0.2, 0.25) is 0 Å². The normalized spacial score (nSPS) is 60.3. The van der Waals surface area contributed by atoms with Gasteiger partial charge in [-0.15, -0.1) is 0 Å². The molecule has 0 aromatic carbocycles. The fraction of sp³-hybridized carbons (Fsp3) is 0.933. The number of fused-ring (bicyclic) bond motifs is 4. The third kappa shape index (κ3) is 2.40. The van der Waals surface area contributed by atoms with Crippen molar-refractivity contribution < 1.29 is 14.9 Å². The quantitative estimate of drug-likeness (QED) is 0.431. The third-order valence-electron chi connectivity index (χ3n) is 13.6. The molecule has 3 heteroatoms. The zero-order chi connectivity index (χ0) is 23.9. The Labute approximate surface area is 201 Å². The SMILES string of the molecule is CC1(C)CCC23COC4(C=CC5C6(C)CCC(O)C(C)(C)C6CCC5(C)C4(C)CC2O)C3C1. The summed E-state index contributed by atoms with van der Waals surface area (Å²) < 4.78 is 7.03. The molecule has 10 unspecified atom stereocenters. The molecule has 2 N–H and O–H groups in total. The first-order valence-electron chi connectivity index (χ1n) is 13.9. The van der Waals surface area contributed by atoms with E-state index in [1.54, 1.807) is 0 Å². The molecule has 1 spiro atoms. The molecule has 1 saturated heterocycles. The van der Waals surface area contributed by atoms with Gasteiger partial charge in [0.05, 0.1) is 24.4 Å². The van der Waals surface area contributed by atoms with E-state index in [0.717, 1.165) is 45.1 Å². The summed E-state index contributed by atoms with van der Waals surface area (Å²) in [6, 6.07) is 0. The van der Waals surface area contributed by atoms with Crippen LogP contribution in [0.5, 0.6) is 0 Å². The van der Waals surface area contributed by atoms with Crippen LogP contribution in [-0.2, 0) is 4.74 Å². The number of rotatable bonds is 0. The smallest absolute Gasteiger partial charge is 0.0957 e. The maximum Gasteiger partial charge on any atom is 0.0957 e. The van der Waals surface area contributed by atoms with E-state index in [9.17, 15) is 10.2 Å². The molecule has 1 aliphatic heterocycles. The first kappa shape index (κ1) is 23.0. The lowest BCUT2D eigenvalue weighted by Crippen LogP contribution is -2.72. The van der Waals surface area contributed by atoms with E-state index in [1.165, 1.54) is 12.8 Å². The molecule has 1 heterocycles. The Morgan fingerprint density at radius 3 is 2.24 bits per heavy atom. The predicted octanol–water partition coefficient (Wildman–Crippen LogP) is 6.13. The number of hydrogen-bond donors (Lipinski definition) is 2. The molecule has 186 valence electrons. The van der Waals surface area contributed by atoms with Crippen LogP contribution in [0.3, 0.4) is 0 Å². The van der Waals surface area contributed by atoms with Crippen LogP contribution in [0, 0.1) is 50.2 Å². The lowest BCUT2D eigenvalue weighted by Gasteiger charge is -2.73. The summed E-state index contributed by atoms with van der Waals surface area (Å²) in [6.45, 7) is 17.8. The minimum Gasteiger partial charge on any atom is -0.393 e. The lowest BCUT2D eigenvalue weighted by molar-refractivity contribution is -0.256. The Hall–Kier alpha value is -0.380. The maximum atomic E-state index is 11.8. The second kappa shape index (κ2) is 6.30. The van der Waals surface area contributed by atoms with E-state index >= 15 is 0 Å². The molecule has 0 aromatic rings. The van der Waals surface area contributed by atoms with Gasteiger partial charge in [0.15, 0.2) is 0 Å². The fourth-order valence-corrected chi connectivity index (χ4v) is 11.3. The average molecular weight is 457 g/mol. The topological polar surface area (TPSA) is 49.7 Å². The van der Waals surface area contributed by atoms with Crippen molar-refractivity contribution in [3.05, 3.63) is 12.2 Å². The number of allylic oxidation sites excluding steroid dienone is 1. The molecule has 2 bridgehead atoms. The van der Waals surface area contributed by atoms with Crippen LogP contribution >= 0.6 is 0 Å². The van der Waals surface area contributed by atoms with Crippen LogP contribution in [0.4, 0.5) is 0 Å². The van der Waals surface area contributed by atoms with Gasteiger partial charge in [0.2, 0.25) is 0 Å². The van der Waals surface area contributed by atoms with Crippen molar-refractivity contribution in [1.82, 2.24) is 0 Å². The van der Waals surface area contributed by atoms with E-state index < -0.39 is 0 Å². The fourth-order valence-electron chi connectivity index (χ4n) is 11.3. The van der Waals surface area contributed by atoms with Crippen molar-refractivity contribution in [3.63, 3.8) is 0 Å². The average Bonchev–Trinajstić information content (AvgIpc) is 2.99. The van der Waals surface area contributed by atoms with Crippen LogP contribution in [0.1, 0.15) is 99.8 Å². The Morgan fingerprint density at radius 1 is 0.788 bits per heavy atom. The third-order valence-corrected chi connectivity index (χ3v) is 13.6. The van der Waals surface area contributed by atoms with Crippen LogP contribution in [-0.4, -0.2) is 34.6 Å². The first-order chi connectivity index (χ1) is 15.2. The van der Waals surface area contributed by atoms with Gasteiger partial charge in [0.1, 0.15) is 0 Å². The van der Waals surface area contributed by atoms with E-state index in [-0.39, 0.29) is 44.9 Å². The number of hydrogen-bond acceptors (Lipinski definition) is 3. The highest BCUT2D eigenvalue weighted by Crippen LogP contribution is 2.79. The van der Waals surface area contributed by atoms with Gasteiger partial charge in [-0.2, -0.15) is 0 Å². The van der Waals surface area contributed by atoms with Gasteiger partial charge in [-0.1, -0.05) is 60.6 Å². The van der Waals surface area contributed by atoms with Crippen LogP contribution < -0.4 is 0 Å². The minimum absolute atomic E-state index is 0.0449. The summed E-state index contributed by atoms with van der Waals surface area (Å²) in [5, 5.41) is 22.7. The lowest BCUT2D eigenvalue weighted by atomic mass is 9.32. The van der Waals surface area contributed by atoms with Gasteiger partial charge in [0.25, 0.3) is 0 Å². The van der Waals surface area contributed by atoms with Crippen LogP contribution in [0.25, 0.3) is 0 Å². The van der Waals surface area contributed by atoms with Crippen molar-refractivity contribution in [2.45, 2.75) is 118 Å². The molecule has 5 fully saturated rings. The minimum atomic E-state index is -0.265. The Kier molecular flexibility index (Phi) is 4.40. The molecular formula is C30H48O3. The zero-order valence-electron chi connectivity index (χ0n) is 22.2. The number of aliphatic hydroxyl groups is 2. The van der Waals surface area contributed by atoms with Crippen molar-refractivity contribution in [2.24, 2.45) is 50.2 Å². The first-order valence-corrected chi connectivity index (χ1v) is 13.9. The Morgan fingerprint density at radius 2 is 1.52 bits per heavy atom. The molecule has 33 heavy (non-hydrogen) atoms. The van der Waals surface area contributed by atoms with Gasteiger partial charge in [0, 0.05) is 16.7 Å². The highest BCUT2D eigenvalue weighted by Gasteiger charge is 2.78. The van der Waals surface area contributed by atoms with Crippen molar-refractivity contribution in [1.29, 1.82) is 0 Å². The molecule has 0 radical (unpaired) electrons. The highest BCUT2D eigenvalue weighted by molar-refractivity contribution is 5.35. The summed E-state index contributed by atoms with van der Waals surface area (Å²) in [6.07, 6.45) is 13.3. The predicted molar refractivity (Wildman–Crippen MR) is 132 cm³/mol. The molecule has 6 rings (SSSR count). The van der Waals surface area contributed by atoms with E-state index in [2.05, 4.69) is 60.6 Å². The summed E-state index contributed by atoms with van der Waals surface area (Å²) in [5.41, 5.74) is 0.154. The molecule has 5 aliphatic carbocycles. The highest BCUT2D eigenvalue weighted by atomic mass is 16.5. The maximum absolute atomic E-state index is 11.8. The monoisotopic (exact) mass is 456 g/mol. The molecular weight excluding hydrogens is 408 g/mol. The standard InChI is InChI=1S/C30H48O3/c1-24(2)14-15-29-18-33-30(21(29)16-24)13-9-20-26(5)11-10-22(31)25(3,4)19(26)8-12-27(20,6)28(30,7)17-23(29)32/h9,13,19-23,31-32H,8,10-12,14-18H2,1-7H3. The van der Waals surface area contributed by atoms with Crippen LogP contribution in [0.15, 0.2) is 12.2 Å². The van der Waals surface area contributed by atoms with Gasteiger partial charge < -0.3 is 14.9 Å². The molecule has 4 saturated carbocycles. The van der Waals surface area contributed by atoms with Gasteiger partial charge >= 0.3 is 0 Å². The Balaban J connectivity index is 1.50. The second-order valence-electron chi connectivity index (χ2n) is 15.5. The van der Waals surface area contributed by atoms with Crippen molar-refractivity contribution in [3.8, 4) is 0 Å². The molecule has 6 aliphatic rings. The zero-order valence-corrected chi connectivity index (χ0v) is 22.2.